The van der Waals surface area contributed by atoms with E-state index in [2.05, 4.69) is 15.6 Å². The quantitative estimate of drug-likeness (QED) is 0.250. The van der Waals surface area contributed by atoms with Crippen molar-refractivity contribution >= 4 is 35.8 Å². The number of hydrogen-bond donors (Lipinski definition) is 3. The van der Waals surface area contributed by atoms with E-state index in [1.165, 1.54) is 7.05 Å². The Bertz CT molecular complexity index is 856. The third-order valence-corrected chi connectivity index (χ3v) is 3.72. The van der Waals surface area contributed by atoms with E-state index in [0.29, 0.717) is 11.6 Å². The van der Waals surface area contributed by atoms with Crippen LogP contribution in [0.25, 0.3) is 0 Å². The Morgan fingerprint density at radius 3 is 2.39 bits per heavy atom. The smallest absolute Gasteiger partial charge is 0.366 e. The van der Waals surface area contributed by atoms with E-state index in [9.17, 15) is 22.4 Å². The van der Waals surface area contributed by atoms with Crippen LogP contribution in [0.1, 0.15) is 27.0 Å². The number of nitrogens with two attached hydrogens (primary N) is 1. The predicted octanol–water partition coefficient (Wildman–Crippen LogP) is 3.43. The molecule has 0 aliphatic rings. The molecule has 0 aliphatic heterocycles. The van der Waals surface area contributed by atoms with Crippen molar-refractivity contribution in [3.05, 3.63) is 70.5 Å². The molecular formula is C18H19F4IN4O. The molecule has 2 aromatic carbocycles. The summed E-state index contributed by atoms with van der Waals surface area (Å²) >= 11 is 0. The maximum atomic E-state index is 13.2. The Morgan fingerprint density at radius 1 is 1.11 bits per heavy atom. The number of halogens is 5. The summed E-state index contributed by atoms with van der Waals surface area (Å²) in [5.41, 5.74) is 5.16. The summed E-state index contributed by atoms with van der Waals surface area (Å²) in [5, 5.41) is 5.67. The van der Waals surface area contributed by atoms with Crippen molar-refractivity contribution in [2.45, 2.75) is 19.3 Å². The van der Waals surface area contributed by atoms with Gasteiger partial charge in [-0.2, -0.15) is 13.2 Å². The summed E-state index contributed by atoms with van der Waals surface area (Å²) in [4.78, 5) is 15.1. The van der Waals surface area contributed by atoms with Crippen molar-refractivity contribution < 1.29 is 22.4 Å². The lowest BCUT2D eigenvalue weighted by atomic mass is 10.1. The summed E-state index contributed by atoms with van der Waals surface area (Å²) in [6.07, 6.45) is -4.66. The highest BCUT2D eigenvalue weighted by molar-refractivity contribution is 14.0. The molecule has 2 rings (SSSR count). The molecule has 0 bridgehead atoms. The molecule has 0 aromatic heterocycles. The number of carbonyl (C=O) groups is 1. The Hall–Kier alpha value is -2.37. The summed E-state index contributed by atoms with van der Waals surface area (Å²) in [6, 6.07) is 9.11. The molecule has 0 fully saturated rings. The molecule has 0 aliphatic carbocycles. The van der Waals surface area contributed by atoms with Gasteiger partial charge in [-0.1, -0.05) is 18.2 Å². The van der Waals surface area contributed by atoms with Crippen molar-refractivity contribution in [2.24, 2.45) is 10.7 Å². The third kappa shape index (κ3) is 6.66. The van der Waals surface area contributed by atoms with Crippen molar-refractivity contribution in [1.82, 2.24) is 10.6 Å². The standard InChI is InChI=1S/C18H18F4N4O.HI/c1-24-17(25-9-11-3-2-4-12(7-11)16(23)27)26-10-13-5-6-14(19)8-15(13)18(20,21)22;/h2-8H,9-10H2,1H3,(H2,23,27)(H2,24,25,26);1H. The normalized spacial score (nSPS) is 11.5. The first-order valence-electron chi connectivity index (χ1n) is 7.89. The summed E-state index contributed by atoms with van der Waals surface area (Å²) < 4.78 is 52.2. The second kappa shape index (κ2) is 10.2. The molecule has 152 valence electrons. The van der Waals surface area contributed by atoms with Crippen molar-refractivity contribution in [3.63, 3.8) is 0 Å². The number of aliphatic imine (C=N–C) groups is 1. The van der Waals surface area contributed by atoms with Crippen LogP contribution < -0.4 is 16.4 Å². The minimum atomic E-state index is -4.66. The van der Waals surface area contributed by atoms with Crippen LogP contribution in [0.15, 0.2) is 47.5 Å². The molecule has 0 spiro atoms. The first kappa shape index (κ1) is 23.7. The molecule has 0 saturated heterocycles. The first-order valence-corrected chi connectivity index (χ1v) is 7.89. The van der Waals surface area contributed by atoms with Gasteiger partial charge in [0, 0.05) is 25.7 Å². The minimum absolute atomic E-state index is 0. The summed E-state index contributed by atoms with van der Waals surface area (Å²) in [7, 11) is 1.46. The van der Waals surface area contributed by atoms with Gasteiger partial charge in [-0.25, -0.2) is 4.39 Å². The summed E-state index contributed by atoms with van der Waals surface area (Å²) in [5.74, 6) is -1.27. The third-order valence-electron chi connectivity index (χ3n) is 3.72. The van der Waals surface area contributed by atoms with E-state index in [-0.39, 0.29) is 48.6 Å². The fraction of sp³-hybridized carbons (Fsp3) is 0.222. The highest BCUT2D eigenvalue weighted by atomic mass is 127. The minimum Gasteiger partial charge on any atom is -0.366 e. The van der Waals surface area contributed by atoms with Crippen LogP contribution in [-0.2, 0) is 19.3 Å². The highest BCUT2D eigenvalue weighted by Crippen LogP contribution is 2.32. The molecule has 0 saturated carbocycles. The van der Waals surface area contributed by atoms with Gasteiger partial charge in [0.05, 0.1) is 5.56 Å². The van der Waals surface area contributed by atoms with E-state index >= 15 is 0 Å². The number of primary amides is 1. The Labute approximate surface area is 176 Å². The molecule has 0 atom stereocenters. The number of guanidine groups is 1. The fourth-order valence-corrected chi connectivity index (χ4v) is 2.39. The first-order chi connectivity index (χ1) is 12.7. The average molecular weight is 510 g/mol. The highest BCUT2D eigenvalue weighted by Gasteiger charge is 2.33. The lowest BCUT2D eigenvalue weighted by Crippen LogP contribution is -2.36. The second-order valence-corrected chi connectivity index (χ2v) is 5.64. The monoisotopic (exact) mass is 510 g/mol. The zero-order valence-corrected chi connectivity index (χ0v) is 17.1. The van der Waals surface area contributed by atoms with Crippen LogP contribution in [0.2, 0.25) is 0 Å². The van der Waals surface area contributed by atoms with Gasteiger partial charge in [0.15, 0.2) is 5.96 Å². The van der Waals surface area contributed by atoms with Gasteiger partial charge >= 0.3 is 6.18 Å². The molecule has 0 unspecified atom stereocenters. The molecule has 0 radical (unpaired) electrons. The lowest BCUT2D eigenvalue weighted by molar-refractivity contribution is -0.138. The number of rotatable bonds is 5. The van der Waals surface area contributed by atoms with Gasteiger partial charge in [0.2, 0.25) is 5.91 Å². The zero-order valence-electron chi connectivity index (χ0n) is 14.8. The van der Waals surface area contributed by atoms with Crippen LogP contribution in [0, 0.1) is 5.82 Å². The van der Waals surface area contributed by atoms with E-state index < -0.39 is 23.5 Å². The molecule has 5 nitrogen and oxygen atoms in total. The number of carbonyl (C=O) groups excluding carboxylic acids is 1. The number of nitrogens with zero attached hydrogens (tertiary/aromatic N) is 1. The Kier molecular flexibility index (Phi) is 8.66. The molecule has 1 amide bonds. The van der Waals surface area contributed by atoms with Crippen LogP contribution >= 0.6 is 24.0 Å². The average Bonchev–Trinajstić information content (AvgIpc) is 2.62. The SMILES string of the molecule is CN=C(NCc1cccc(C(N)=O)c1)NCc1ccc(F)cc1C(F)(F)F.I. The zero-order chi connectivity index (χ0) is 20.0. The molecule has 2 aromatic rings. The molecule has 28 heavy (non-hydrogen) atoms. The van der Waals surface area contributed by atoms with Crippen LogP contribution in [0.5, 0.6) is 0 Å². The van der Waals surface area contributed by atoms with Gasteiger partial charge in [0.25, 0.3) is 0 Å². The summed E-state index contributed by atoms with van der Waals surface area (Å²) in [6.45, 7) is 0.0759. The number of alkyl halides is 3. The lowest BCUT2D eigenvalue weighted by Gasteiger charge is -2.16. The number of amides is 1. The van der Waals surface area contributed by atoms with Gasteiger partial charge in [-0.3, -0.25) is 9.79 Å². The van der Waals surface area contributed by atoms with Crippen molar-refractivity contribution in [3.8, 4) is 0 Å². The van der Waals surface area contributed by atoms with Crippen molar-refractivity contribution in [2.75, 3.05) is 7.05 Å². The van der Waals surface area contributed by atoms with Crippen molar-refractivity contribution in [1.29, 1.82) is 0 Å². The van der Waals surface area contributed by atoms with Gasteiger partial charge < -0.3 is 16.4 Å². The Morgan fingerprint density at radius 2 is 1.79 bits per heavy atom. The van der Waals surface area contributed by atoms with Crippen LogP contribution in [-0.4, -0.2) is 18.9 Å². The van der Waals surface area contributed by atoms with E-state index in [1.54, 1.807) is 24.3 Å². The van der Waals surface area contributed by atoms with E-state index in [4.69, 9.17) is 5.73 Å². The van der Waals surface area contributed by atoms with Gasteiger partial charge in [0.1, 0.15) is 5.82 Å². The molecule has 10 heteroatoms. The van der Waals surface area contributed by atoms with Crippen LogP contribution in [0.4, 0.5) is 17.6 Å². The van der Waals surface area contributed by atoms with E-state index in [0.717, 1.165) is 17.7 Å². The largest absolute Gasteiger partial charge is 0.416 e. The Balaban J connectivity index is 0.00000392. The molecular weight excluding hydrogens is 491 g/mol. The number of benzene rings is 2. The molecule has 0 heterocycles. The maximum Gasteiger partial charge on any atom is 0.416 e. The number of nitrogens with one attached hydrogen (secondary N) is 2. The van der Waals surface area contributed by atoms with Gasteiger partial charge in [-0.15, -0.1) is 24.0 Å². The van der Waals surface area contributed by atoms with E-state index in [1.807, 2.05) is 0 Å². The van der Waals surface area contributed by atoms with Gasteiger partial charge in [-0.05, 0) is 35.4 Å². The predicted molar refractivity (Wildman–Crippen MR) is 109 cm³/mol. The second-order valence-electron chi connectivity index (χ2n) is 5.64. The van der Waals surface area contributed by atoms with Crippen LogP contribution in [0.3, 0.4) is 0 Å². The topological polar surface area (TPSA) is 79.5 Å². The molecule has 4 N–H and O–H groups in total. The maximum absolute atomic E-state index is 13.2. The number of hydrogen-bond acceptors (Lipinski definition) is 2. The fourth-order valence-electron chi connectivity index (χ4n) is 2.39.